The summed E-state index contributed by atoms with van der Waals surface area (Å²) >= 11 is 0. The van der Waals surface area contributed by atoms with Crippen LogP contribution in [-0.2, 0) is 9.59 Å². The number of anilines is 1. The molecule has 2 aromatic carbocycles. The molecule has 0 saturated heterocycles. The highest BCUT2D eigenvalue weighted by molar-refractivity contribution is 6.36. The number of rotatable bonds is 5. The number of nitrogens with zero attached hydrogens (tertiary/aromatic N) is 1. The number of amides is 2. The maximum atomic E-state index is 13.2. The van der Waals surface area contributed by atoms with E-state index in [-0.39, 0.29) is 29.2 Å². The van der Waals surface area contributed by atoms with Gasteiger partial charge < -0.3 is 5.32 Å². The third-order valence-corrected chi connectivity index (χ3v) is 4.17. The van der Waals surface area contributed by atoms with Gasteiger partial charge in [-0.1, -0.05) is 43.7 Å². The first-order valence-electron chi connectivity index (χ1n) is 8.57. The van der Waals surface area contributed by atoms with E-state index in [2.05, 4.69) is 5.32 Å². The van der Waals surface area contributed by atoms with Crippen LogP contribution in [0.2, 0.25) is 0 Å². The molecular weight excluding hydrogens is 331 g/mol. The molecule has 0 fully saturated rings. The molecule has 1 N–H and O–H groups in total. The van der Waals surface area contributed by atoms with Crippen molar-refractivity contribution in [2.45, 2.75) is 20.8 Å². The Morgan fingerprint density at radius 3 is 2.15 bits per heavy atom. The second-order valence-electron chi connectivity index (χ2n) is 6.86. The molecule has 0 aromatic heterocycles. The lowest BCUT2D eigenvalue weighted by Gasteiger charge is -2.17. The number of imide groups is 1. The van der Waals surface area contributed by atoms with Gasteiger partial charge in [-0.05, 0) is 42.7 Å². The first-order chi connectivity index (χ1) is 12.4. The number of carbonyl (C=O) groups excluding carboxylic acids is 2. The standard InChI is InChI=1S/C21H21FN2O2/c1-13(2)12-24-20(25)18(15-6-4-14(3)5-7-15)19(21(24)26)23-17-10-8-16(22)9-11-17/h4-11,13,23H,12H2,1-3H3. The third-order valence-electron chi connectivity index (χ3n) is 4.17. The van der Waals surface area contributed by atoms with Crippen molar-refractivity contribution in [3.63, 3.8) is 0 Å². The fourth-order valence-electron chi connectivity index (χ4n) is 2.89. The summed E-state index contributed by atoms with van der Waals surface area (Å²) in [7, 11) is 0. The van der Waals surface area contributed by atoms with Crippen molar-refractivity contribution in [2.75, 3.05) is 11.9 Å². The minimum Gasteiger partial charge on any atom is -0.350 e. The lowest BCUT2D eigenvalue weighted by Crippen LogP contribution is -2.35. The zero-order valence-corrected chi connectivity index (χ0v) is 15.0. The minimum atomic E-state index is -0.362. The molecule has 0 unspecified atom stereocenters. The third kappa shape index (κ3) is 3.52. The largest absolute Gasteiger partial charge is 0.350 e. The predicted molar refractivity (Wildman–Crippen MR) is 99.7 cm³/mol. The van der Waals surface area contributed by atoms with E-state index in [1.165, 1.54) is 29.2 Å². The van der Waals surface area contributed by atoms with E-state index in [4.69, 9.17) is 0 Å². The van der Waals surface area contributed by atoms with Crippen molar-refractivity contribution in [1.29, 1.82) is 0 Å². The molecule has 3 rings (SSSR count). The number of carbonyl (C=O) groups is 2. The van der Waals surface area contributed by atoms with Crippen LogP contribution >= 0.6 is 0 Å². The molecule has 0 spiro atoms. The molecule has 134 valence electrons. The van der Waals surface area contributed by atoms with Gasteiger partial charge in [0, 0.05) is 12.2 Å². The number of aryl methyl sites for hydroxylation is 1. The molecule has 0 radical (unpaired) electrons. The Morgan fingerprint density at radius 2 is 1.58 bits per heavy atom. The Bertz CT molecular complexity index is 868. The van der Waals surface area contributed by atoms with Gasteiger partial charge in [-0.25, -0.2) is 4.39 Å². The molecular formula is C21H21FN2O2. The van der Waals surface area contributed by atoms with Gasteiger partial charge in [-0.2, -0.15) is 0 Å². The van der Waals surface area contributed by atoms with E-state index >= 15 is 0 Å². The van der Waals surface area contributed by atoms with Gasteiger partial charge in [0.2, 0.25) is 0 Å². The molecule has 0 atom stereocenters. The fourth-order valence-corrected chi connectivity index (χ4v) is 2.89. The van der Waals surface area contributed by atoms with Crippen LogP contribution < -0.4 is 5.32 Å². The highest BCUT2D eigenvalue weighted by Gasteiger charge is 2.39. The highest BCUT2D eigenvalue weighted by Crippen LogP contribution is 2.31. The molecule has 2 aromatic rings. The molecule has 0 saturated carbocycles. The van der Waals surface area contributed by atoms with Crippen molar-refractivity contribution in [3.05, 3.63) is 71.2 Å². The van der Waals surface area contributed by atoms with Crippen LogP contribution in [-0.4, -0.2) is 23.3 Å². The van der Waals surface area contributed by atoms with Crippen LogP contribution in [0.25, 0.3) is 5.57 Å². The van der Waals surface area contributed by atoms with Crippen LogP contribution in [0, 0.1) is 18.7 Å². The van der Waals surface area contributed by atoms with Gasteiger partial charge in [0.15, 0.2) is 0 Å². The highest BCUT2D eigenvalue weighted by atomic mass is 19.1. The maximum absolute atomic E-state index is 13.2. The fraction of sp³-hybridized carbons (Fsp3) is 0.238. The van der Waals surface area contributed by atoms with Crippen molar-refractivity contribution in [1.82, 2.24) is 4.90 Å². The second-order valence-corrected chi connectivity index (χ2v) is 6.86. The lowest BCUT2D eigenvalue weighted by atomic mass is 10.0. The summed E-state index contributed by atoms with van der Waals surface area (Å²) in [5.41, 5.74) is 2.88. The summed E-state index contributed by atoms with van der Waals surface area (Å²) in [6.45, 7) is 6.22. The summed E-state index contributed by atoms with van der Waals surface area (Å²) in [6, 6.07) is 13.2. The molecule has 4 nitrogen and oxygen atoms in total. The van der Waals surface area contributed by atoms with E-state index < -0.39 is 0 Å². The van der Waals surface area contributed by atoms with E-state index in [1.807, 2.05) is 45.0 Å². The van der Waals surface area contributed by atoms with Crippen molar-refractivity contribution >= 4 is 23.1 Å². The Morgan fingerprint density at radius 1 is 0.962 bits per heavy atom. The van der Waals surface area contributed by atoms with Gasteiger partial charge in [0.05, 0.1) is 5.57 Å². The number of hydrogen-bond donors (Lipinski definition) is 1. The zero-order chi connectivity index (χ0) is 18.8. The zero-order valence-electron chi connectivity index (χ0n) is 15.0. The van der Waals surface area contributed by atoms with Crippen LogP contribution in [0.5, 0.6) is 0 Å². The first-order valence-corrected chi connectivity index (χ1v) is 8.57. The average molecular weight is 352 g/mol. The van der Waals surface area contributed by atoms with Crippen molar-refractivity contribution in [2.24, 2.45) is 5.92 Å². The SMILES string of the molecule is Cc1ccc(C2=C(Nc3ccc(F)cc3)C(=O)N(CC(C)C)C2=O)cc1. The van der Waals surface area contributed by atoms with Gasteiger partial charge in [0.1, 0.15) is 11.5 Å². The predicted octanol–water partition coefficient (Wildman–Crippen LogP) is 3.98. The quantitative estimate of drug-likeness (QED) is 0.828. The molecule has 1 aliphatic heterocycles. The normalized spacial score (nSPS) is 14.6. The Kier molecular flexibility index (Phi) is 4.89. The molecule has 0 bridgehead atoms. The number of halogens is 1. The average Bonchev–Trinajstić information content (AvgIpc) is 2.82. The van der Waals surface area contributed by atoms with E-state index in [0.717, 1.165) is 5.56 Å². The van der Waals surface area contributed by atoms with Crippen molar-refractivity contribution < 1.29 is 14.0 Å². The lowest BCUT2D eigenvalue weighted by molar-refractivity contribution is -0.137. The summed E-state index contributed by atoms with van der Waals surface area (Å²) < 4.78 is 13.2. The summed E-state index contributed by atoms with van der Waals surface area (Å²) in [5, 5.41) is 3.02. The molecule has 1 aliphatic rings. The number of benzene rings is 2. The first kappa shape index (κ1) is 17.9. The molecule has 2 amide bonds. The van der Waals surface area contributed by atoms with Gasteiger partial charge in [-0.3, -0.25) is 14.5 Å². The summed E-state index contributed by atoms with van der Waals surface area (Å²) in [4.78, 5) is 27.1. The van der Waals surface area contributed by atoms with Gasteiger partial charge in [0.25, 0.3) is 11.8 Å². The van der Waals surface area contributed by atoms with Crippen LogP contribution in [0.4, 0.5) is 10.1 Å². The summed E-state index contributed by atoms with van der Waals surface area (Å²) in [6.07, 6.45) is 0. The van der Waals surface area contributed by atoms with Gasteiger partial charge >= 0.3 is 0 Å². The van der Waals surface area contributed by atoms with Crippen LogP contribution in [0.3, 0.4) is 0 Å². The maximum Gasteiger partial charge on any atom is 0.278 e. The van der Waals surface area contributed by atoms with Crippen LogP contribution in [0.15, 0.2) is 54.2 Å². The molecule has 0 aliphatic carbocycles. The minimum absolute atomic E-state index is 0.160. The Hall–Kier alpha value is -2.95. The molecule has 1 heterocycles. The number of hydrogen-bond acceptors (Lipinski definition) is 3. The topological polar surface area (TPSA) is 49.4 Å². The van der Waals surface area contributed by atoms with E-state index in [9.17, 15) is 14.0 Å². The monoisotopic (exact) mass is 352 g/mol. The summed E-state index contributed by atoms with van der Waals surface area (Å²) in [5.74, 6) is -0.869. The van der Waals surface area contributed by atoms with Crippen LogP contribution in [0.1, 0.15) is 25.0 Å². The van der Waals surface area contributed by atoms with Gasteiger partial charge in [-0.15, -0.1) is 0 Å². The van der Waals surface area contributed by atoms with Crippen molar-refractivity contribution in [3.8, 4) is 0 Å². The number of nitrogens with one attached hydrogen (secondary N) is 1. The van der Waals surface area contributed by atoms with E-state index in [0.29, 0.717) is 23.4 Å². The Labute approximate surface area is 152 Å². The van der Waals surface area contributed by atoms with E-state index in [1.54, 1.807) is 0 Å². The Balaban J connectivity index is 2.04. The second kappa shape index (κ2) is 7.12. The molecule has 5 heteroatoms. The smallest absolute Gasteiger partial charge is 0.278 e. The molecule has 26 heavy (non-hydrogen) atoms.